The third kappa shape index (κ3) is 5.37. The summed E-state index contributed by atoms with van der Waals surface area (Å²) in [6, 6.07) is 12.0. The van der Waals surface area contributed by atoms with Crippen molar-refractivity contribution in [2.45, 2.75) is 6.92 Å². The monoisotopic (exact) mass is 442 g/mol. The minimum absolute atomic E-state index is 0.199. The summed E-state index contributed by atoms with van der Waals surface area (Å²) >= 11 is 0.771. The number of carbonyl (C=O) groups excluding carboxylic acids is 3. The van der Waals surface area contributed by atoms with Gasteiger partial charge < -0.3 is 19.5 Å². The average Bonchev–Trinajstić information content (AvgIpc) is 3.02. The fraction of sp³-hybridized carbons (Fsp3) is 0.227. The Labute approximate surface area is 184 Å². The van der Waals surface area contributed by atoms with E-state index in [-0.39, 0.29) is 11.4 Å². The molecule has 31 heavy (non-hydrogen) atoms. The number of hydrogen-bond acceptors (Lipinski definition) is 7. The number of thioether (sulfide) groups is 1. The van der Waals surface area contributed by atoms with Crippen molar-refractivity contribution in [2.24, 2.45) is 0 Å². The summed E-state index contributed by atoms with van der Waals surface area (Å²) in [5, 5.41) is 2.16. The second-order valence-corrected chi connectivity index (χ2v) is 7.37. The predicted octanol–water partition coefficient (Wildman–Crippen LogP) is 3.78. The van der Waals surface area contributed by atoms with Gasteiger partial charge in [0.2, 0.25) is 5.91 Å². The van der Waals surface area contributed by atoms with Crippen molar-refractivity contribution in [1.29, 1.82) is 0 Å². The molecule has 1 saturated heterocycles. The van der Waals surface area contributed by atoms with Crippen molar-refractivity contribution in [3.8, 4) is 17.2 Å². The van der Waals surface area contributed by atoms with E-state index in [1.54, 1.807) is 48.5 Å². The molecule has 0 radical (unpaired) electrons. The molecule has 1 aliphatic rings. The topological polar surface area (TPSA) is 94.2 Å². The number of anilines is 1. The Kier molecular flexibility index (Phi) is 7.19. The smallest absolute Gasteiger partial charge is 0.294 e. The maximum atomic E-state index is 12.7. The van der Waals surface area contributed by atoms with Gasteiger partial charge in [0.15, 0.2) is 0 Å². The number of imide groups is 1. The molecule has 9 heteroatoms. The highest BCUT2D eigenvalue weighted by molar-refractivity contribution is 8.18. The van der Waals surface area contributed by atoms with E-state index in [0.29, 0.717) is 35.1 Å². The molecule has 1 N–H and O–H groups in total. The SMILES string of the molecule is CCOc1ccc(NC(=O)CN2C(=O)S/C(=C/c3cc(OC)ccc3OC)C2=O)cc1. The fourth-order valence-electron chi connectivity index (χ4n) is 2.88. The number of rotatable bonds is 8. The molecule has 8 nitrogen and oxygen atoms in total. The summed E-state index contributed by atoms with van der Waals surface area (Å²) in [6.07, 6.45) is 1.55. The summed E-state index contributed by atoms with van der Waals surface area (Å²) in [6.45, 7) is 2.04. The van der Waals surface area contributed by atoms with E-state index < -0.39 is 17.1 Å². The van der Waals surface area contributed by atoms with Gasteiger partial charge in [-0.2, -0.15) is 0 Å². The van der Waals surface area contributed by atoms with Crippen LogP contribution in [0.3, 0.4) is 0 Å². The van der Waals surface area contributed by atoms with Crippen molar-refractivity contribution in [1.82, 2.24) is 4.90 Å². The first kappa shape index (κ1) is 22.2. The first-order valence-corrected chi connectivity index (χ1v) is 10.3. The highest BCUT2D eigenvalue weighted by Crippen LogP contribution is 2.35. The fourth-order valence-corrected chi connectivity index (χ4v) is 3.70. The molecule has 2 aromatic rings. The molecule has 0 unspecified atom stereocenters. The maximum Gasteiger partial charge on any atom is 0.294 e. The molecule has 1 heterocycles. The number of methoxy groups -OCH3 is 2. The molecule has 0 saturated carbocycles. The Hall–Kier alpha value is -3.46. The Morgan fingerprint density at radius 2 is 1.77 bits per heavy atom. The van der Waals surface area contributed by atoms with Crippen LogP contribution in [0.5, 0.6) is 17.2 Å². The Morgan fingerprint density at radius 1 is 1.06 bits per heavy atom. The van der Waals surface area contributed by atoms with Crippen molar-refractivity contribution < 1.29 is 28.6 Å². The van der Waals surface area contributed by atoms with Crippen LogP contribution >= 0.6 is 11.8 Å². The van der Waals surface area contributed by atoms with Gasteiger partial charge in [0.1, 0.15) is 23.8 Å². The van der Waals surface area contributed by atoms with Crippen LogP contribution in [0, 0.1) is 0 Å². The second kappa shape index (κ2) is 10.0. The van der Waals surface area contributed by atoms with E-state index in [0.717, 1.165) is 16.7 Å². The molecule has 0 atom stereocenters. The summed E-state index contributed by atoms with van der Waals surface area (Å²) in [5.74, 6) is 0.778. The number of benzene rings is 2. The van der Waals surface area contributed by atoms with Gasteiger partial charge in [0, 0.05) is 11.3 Å². The third-order valence-electron chi connectivity index (χ3n) is 4.35. The third-order valence-corrected chi connectivity index (χ3v) is 5.26. The van der Waals surface area contributed by atoms with Gasteiger partial charge in [0.05, 0.1) is 25.7 Å². The lowest BCUT2D eigenvalue weighted by Gasteiger charge is -2.13. The molecule has 3 amide bonds. The van der Waals surface area contributed by atoms with E-state index in [9.17, 15) is 14.4 Å². The summed E-state index contributed by atoms with van der Waals surface area (Å²) in [4.78, 5) is 38.5. The quantitative estimate of drug-likeness (QED) is 0.622. The van der Waals surface area contributed by atoms with Crippen molar-refractivity contribution in [2.75, 3.05) is 32.7 Å². The second-order valence-electron chi connectivity index (χ2n) is 6.38. The Bertz CT molecular complexity index is 1020. The van der Waals surface area contributed by atoms with E-state index >= 15 is 0 Å². The normalized spacial score (nSPS) is 14.7. The average molecular weight is 442 g/mol. The molecule has 3 rings (SSSR count). The number of nitrogens with one attached hydrogen (secondary N) is 1. The van der Waals surface area contributed by atoms with E-state index in [4.69, 9.17) is 14.2 Å². The van der Waals surface area contributed by atoms with Crippen LogP contribution in [-0.4, -0.2) is 49.3 Å². The van der Waals surface area contributed by atoms with Crippen LogP contribution in [0.15, 0.2) is 47.4 Å². The highest BCUT2D eigenvalue weighted by Gasteiger charge is 2.36. The van der Waals surface area contributed by atoms with Gasteiger partial charge in [-0.1, -0.05) is 0 Å². The van der Waals surface area contributed by atoms with Crippen molar-refractivity contribution >= 4 is 40.6 Å². The Balaban J connectivity index is 1.70. The first-order chi connectivity index (χ1) is 14.9. The van der Waals surface area contributed by atoms with Gasteiger partial charge in [-0.05, 0) is 67.2 Å². The van der Waals surface area contributed by atoms with Gasteiger partial charge in [-0.15, -0.1) is 0 Å². The zero-order valence-electron chi connectivity index (χ0n) is 17.3. The largest absolute Gasteiger partial charge is 0.497 e. The van der Waals surface area contributed by atoms with Crippen molar-refractivity contribution in [3.05, 3.63) is 52.9 Å². The van der Waals surface area contributed by atoms with Crippen LogP contribution in [0.4, 0.5) is 10.5 Å². The van der Waals surface area contributed by atoms with Gasteiger partial charge in [-0.25, -0.2) is 0 Å². The van der Waals surface area contributed by atoms with Crippen LogP contribution in [-0.2, 0) is 9.59 Å². The lowest BCUT2D eigenvalue weighted by molar-refractivity contribution is -0.127. The summed E-state index contributed by atoms with van der Waals surface area (Å²) < 4.78 is 15.9. The minimum Gasteiger partial charge on any atom is -0.497 e. The zero-order valence-corrected chi connectivity index (χ0v) is 18.2. The van der Waals surface area contributed by atoms with Crippen LogP contribution in [0.25, 0.3) is 6.08 Å². The highest BCUT2D eigenvalue weighted by atomic mass is 32.2. The minimum atomic E-state index is -0.540. The first-order valence-electron chi connectivity index (χ1n) is 9.45. The van der Waals surface area contributed by atoms with Crippen molar-refractivity contribution in [3.63, 3.8) is 0 Å². The zero-order chi connectivity index (χ0) is 22.4. The molecule has 0 aliphatic carbocycles. The molecule has 0 bridgehead atoms. The van der Waals surface area contributed by atoms with E-state index in [1.807, 2.05) is 6.92 Å². The molecule has 0 aromatic heterocycles. The lowest BCUT2D eigenvalue weighted by atomic mass is 10.1. The standard InChI is InChI=1S/C22H22N2O6S/c1-4-30-16-7-5-15(6-8-16)23-20(25)13-24-21(26)19(31-22(24)27)12-14-11-17(28-2)9-10-18(14)29-3/h5-12H,4,13H2,1-3H3,(H,23,25)/b19-12+. The number of nitrogens with zero attached hydrogens (tertiary/aromatic N) is 1. The van der Waals surface area contributed by atoms with Crippen LogP contribution < -0.4 is 19.5 Å². The van der Waals surface area contributed by atoms with Gasteiger partial charge in [0.25, 0.3) is 11.1 Å². The Morgan fingerprint density at radius 3 is 2.42 bits per heavy atom. The van der Waals surface area contributed by atoms with E-state index in [1.165, 1.54) is 14.2 Å². The molecule has 1 fully saturated rings. The maximum absolute atomic E-state index is 12.7. The molecule has 0 spiro atoms. The summed E-state index contributed by atoms with van der Waals surface area (Å²) in [5.41, 5.74) is 1.13. The molecular weight excluding hydrogens is 420 g/mol. The van der Waals surface area contributed by atoms with E-state index in [2.05, 4.69) is 5.32 Å². The van der Waals surface area contributed by atoms with Gasteiger partial charge in [-0.3, -0.25) is 19.3 Å². The number of amides is 3. The molecule has 162 valence electrons. The predicted molar refractivity (Wildman–Crippen MR) is 118 cm³/mol. The van der Waals surface area contributed by atoms with Crippen LogP contribution in [0.2, 0.25) is 0 Å². The van der Waals surface area contributed by atoms with Gasteiger partial charge >= 0.3 is 0 Å². The van der Waals surface area contributed by atoms with Crippen LogP contribution in [0.1, 0.15) is 12.5 Å². The number of carbonyl (C=O) groups is 3. The lowest BCUT2D eigenvalue weighted by Crippen LogP contribution is -2.36. The molecule has 2 aromatic carbocycles. The number of hydrogen-bond donors (Lipinski definition) is 1. The number of ether oxygens (including phenoxy) is 3. The molecular formula is C22H22N2O6S. The molecule has 1 aliphatic heterocycles. The summed E-state index contributed by atoms with van der Waals surface area (Å²) in [7, 11) is 3.04.